The summed E-state index contributed by atoms with van der Waals surface area (Å²) < 4.78 is 34.1. The van der Waals surface area contributed by atoms with Crippen LogP contribution in [0.3, 0.4) is 0 Å². The maximum atomic E-state index is 12.7. The van der Waals surface area contributed by atoms with Crippen LogP contribution in [0.15, 0.2) is 0 Å². The van der Waals surface area contributed by atoms with Crippen LogP contribution in [-0.4, -0.2) is 44.1 Å². The van der Waals surface area contributed by atoms with Crippen molar-refractivity contribution in [1.82, 2.24) is 4.90 Å². The normalized spacial score (nSPS) is 22.9. The molecule has 1 unspecified atom stereocenters. The van der Waals surface area contributed by atoms with E-state index in [9.17, 15) is 17.1 Å². The van der Waals surface area contributed by atoms with Crippen molar-refractivity contribution in [2.24, 2.45) is 11.1 Å². The Morgan fingerprint density at radius 2 is 2.12 bits per heavy atom. The molecule has 0 aliphatic carbocycles. The van der Waals surface area contributed by atoms with Gasteiger partial charge in [0, 0.05) is 19.5 Å². The molecular weight excluding hydrogens is 235 g/mol. The first-order valence-corrected chi connectivity index (χ1v) is 6.52. The fourth-order valence-electron chi connectivity index (χ4n) is 1.66. The Morgan fingerprint density at radius 3 is 2.50 bits per heavy atom. The number of carbonyl (C=O) groups is 1. The van der Waals surface area contributed by atoms with Gasteiger partial charge < -0.3 is 10.6 Å². The Labute approximate surface area is 95.0 Å². The highest BCUT2D eigenvalue weighted by Crippen LogP contribution is 2.24. The van der Waals surface area contributed by atoms with Crippen LogP contribution in [0.25, 0.3) is 0 Å². The number of halogens is 1. The van der Waals surface area contributed by atoms with Crippen LogP contribution >= 0.6 is 0 Å². The van der Waals surface area contributed by atoms with Crippen LogP contribution in [-0.2, 0) is 15.0 Å². The number of hydrogen-bond acceptors (Lipinski definition) is 4. The average Bonchev–Trinajstić information content (AvgIpc) is 2.47. The van der Waals surface area contributed by atoms with Crippen molar-refractivity contribution in [3.05, 3.63) is 0 Å². The summed E-state index contributed by atoms with van der Waals surface area (Å²) in [6, 6.07) is 0. The Balaban J connectivity index is 2.70. The Kier molecular flexibility index (Phi) is 3.59. The maximum Gasteiger partial charge on any atom is 0.307 e. The predicted octanol–water partition coefficient (Wildman–Crippen LogP) is -0.128. The van der Waals surface area contributed by atoms with Crippen LogP contribution in [0.5, 0.6) is 0 Å². The Hall–Kier alpha value is -0.690. The number of rotatable bonds is 4. The summed E-state index contributed by atoms with van der Waals surface area (Å²) in [5, 5.41) is -1.21. The zero-order valence-electron chi connectivity index (χ0n) is 9.44. The van der Waals surface area contributed by atoms with E-state index < -0.39 is 15.5 Å². The van der Waals surface area contributed by atoms with Crippen LogP contribution in [0.1, 0.15) is 20.3 Å². The monoisotopic (exact) mass is 252 g/mol. The Morgan fingerprint density at radius 1 is 1.56 bits per heavy atom. The minimum absolute atomic E-state index is 0.0684. The van der Waals surface area contributed by atoms with Gasteiger partial charge in [0.05, 0.1) is 0 Å². The molecule has 1 heterocycles. The first kappa shape index (κ1) is 13.4. The fraction of sp³-hybridized carbons (Fsp3) is 0.889. The molecule has 94 valence electrons. The first-order chi connectivity index (χ1) is 7.15. The van der Waals surface area contributed by atoms with E-state index in [1.54, 1.807) is 0 Å². The zero-order valence-corrected chi connectivity index (χ0v) is 10.3. The number of nitrogens with zero attached hydrogens (tertiary/aromatic N) is 1. The molecule has 1 aliphatic rings. The van der Waals surface area contributed by atoms with Gasteiger partial charge in [0.2, 0.25) is 5.91 Å². The predicted molar refractivity (Wildman–Crippen MR) is 57.8 cm³/mol. The van der Waals surface area contributed by atoms with E-state index in [4.69, 9.17) is 5.73 Å². The van der Waals surface area contributed by atoms with Crippen molar-refractivity contribution >= 4 is 16.1 Å². The number of carbonyl (C=O) groups excluding carboxylic acids is 1. The fourth-order valence-corrected chi connectivity index (χ4v) is 2.36. The molecule has 2 N–H and O–H groups in total. The molecule has 1 aliphatic heterocycles. The van der Waals surface area contributed by atoms with Crippen LogP contribution < -0.4 is 5.73 Å². The average molecular weight is 252 g/mol. The highest BCUT2D eigenvalue weighted by atomic mass is 32.3. The molecule has 1 atom stereocenters. The molecular formula is C9H17FN2O3S. The third-order valence-electron chi connectivity index (χ3n) is 2.75. The lowest BCUT2D eigenvalue weighted by atomic mass is 9.93. The third-order valence-corrected chi connectivity index (χ3v) is 3.86. The van der Waals surface area contributed by atoms with Crippen molar-refractivity contribution in [3.8, 4) is 0 Å². The van der Waals surface area contributed by atoms with Gasteiger partial charge >= 0.3 is 10.2 Å². The largest absolute Gasteiger partial charge is 0.341 e. The molecule has 0 saturated carbocycles. The summed E-state index contributed by atoms with van der Waals surface area (Å²) in [6.07, 6.45) is -0.264. The lowest BCUT2D eigenvalue weighted by Crippen LogP contribution is -2.40. The van der Waals surface area contributed by atoms with Crippen molar-refractivity contribution < 1.29 is 17.1 Å². The first-order valence-electron chi connectivity index (χ1n) is 5.07. The molecule has 1 saturated heterocycles. The van der Waals surface area contributed by atoms with Gasteiger partial charge in [-0.2, -0.15) is 8.42 Å². The minimum atomic E-state index is -4.62. The van der Waals surface area contributed by atoms with Crippen molar-refractivity contribution in [2.45, 2.75) is 25.5 Å². The standard InChI is InChI=1S/C9H17FN2O3S/c1-9(2,5-11)6-12-4-7(3-8(12)13)16(10,14)15/h7H,3-6,11H2,1-2H3. The summed E-state index contributed by atoms with van der Waals surface area (Å²) in [5.74, 6) is -0.326. The van der Waals surface area contributed by atoms with Crippen LogP contribution in [0.2, 0.25) is 0 Å². The van der Waals surface area contributed by atoms with Gasteiger partial charge in [-0.15, -0.1) is 3.89 Å². The topological polar surface area (TPSA) is 80.5 Å². The zero-order chi connectivity index (χ0) is 12.6. The number of amides is 1. The van der Waals surface area contributed by atoms with Crippen LogP contribution in [0.4, 0.5) is 3.89 Å². The van der Waals surface area contributed by atoms with Gasteiger partial charge in [-0.05, 0) is 12.0 Å². The van der Waals surface area contributed by atoms with E-state index >= 15 is 0 Å². The summed E-state index contributed by atoms with van der Waals surface area (Å²) in [4.78, 5) is 12.8. The third kappa shape index (κ3) is 3.15. The lowest BCUT2D eigenvalue weighted by Gasteiger charge is -2.28. The molecule has 7 heteroatoms. The minimum Gasteiger partial charge on any atom is -0.341 e. The van der Waals surface area contributed by atoms with E-state index in [-0.39, 0.29) is 24.3 Å². The quantitative estimate of drug-likeness (QED) is 0.707. The molecule has 0 radical (unpaired) electrons. The van der Waals surface area contributed by atoms with Gasteiger partial charge in [-0.25, -0.2) is 0 Å². The van der Waals surface area contributed by atoms with Crippen LogP contribution in [0, 0.1) is 5.41 Å². The SMILES string of the molecule is CC(C)(CN)CN1CC(S(=O)(=O)F)CC1=O. The maximum absolute atomic E-state index is 12.7. The summed E-state index contributed by atoms with van der Waals surface area (Å²) in [6.45, 7) is 4.41. The van der Waals surface area contributed by atoms with E-state index in [1.807, 2.05) is 13.8 Å². The molecule has 0 bridgehead atoms. The molecule has 1 fully saturated rings. The van der Waals surface area contributed by atoms with E-state index in [1.165, 1.54) is 4.90 Å². The van der Waals surface area contributed by atoms with E-state index in [0.717, 1.165) is 0 Å². The summed E-state index contributed by atoms with van der Waals surface area (Å²) >= 11 is 0. The molecule has 1 rings (SSSR count). The van der Waals surface area contributed by atoms with Gasteiger partial charge in [-0.1, -0.05) is 13.8 Å². The number of likely N-dealkylation sites (tertiary alicyclic amines) is 1. The smallest absolute Gasteiger partial charge is 0.307 e. The van der Waals surface area contributed by atoms with Crippen molar-refractivity contribution in [3.63, 3.8) is 0 Å². The highest BCUT2D eigenvalue weighted by Gasteiger charge is 2.39. The van der Waals surface area contributed by atoms with Crippen molar-refractivity contribution in [2.75, 3.05) is 19.6 Å². The number of nitrogens with two attached hydrogens (primary N) is 1. The molecule has 5 nitrogen and oxygen atoms in total. The van der Waals surface area contributed by atoms with E-state index in [0.29, 0.717) is 13.1 Å². The molecule has 0 spiro atoms. The molecule has 1 amide bonds. The second-order valence-corrected chi connectivity index (χ2v) is 6.56. The highest BCUT2D eigenvalue weighted by molar-refractivity contribution is 7.87. The second kappa shape index (κ2) is 4.29. The second-order valence-electron chi connectivity index (χ2n) is 4.94. The van der Waals surface area contributed by atoms with Gasteiger partial charge in [0.25, 0.3) is 0 Å². The molecule has 16 heavy (non-hydrogen) atoms. The Bertz CT molecular complexity index is 380. The molecule has 0 aromatic heterocycles. The van der Waals surface area contributed by atoms with Crippen molar-refractivity contribution in [1.29, 1.82) is 0 Å². The van der Waals surface area contributed by atoms with E-state index in [2.05, 4.69) is 0 Å². The van der Waals surface area contributed by atoms with Gasteiger partial charge in [0.15, 0.2) is 0 Å². The van der Waals surface area contributed by atoms with Gasteiger partial charge in [-0.3, -0.25) is 4.79 Å². The summed E-state index contributed by atoms with van der Waals surface area (Å²) in [7, 11) is -4.62. The lowest BCUT2D eigenvalue weighted by molar-refractivity contribution is -0.128. The number of hydrogen-bond donors (Lipinski definition) is 1. The molecule has 0 aromatic carbocycles. The molecule has 0 aromatic rings. The van der Waals surface area contributed by atoms with Gasteiger partial charge in [0.1, 0.15) is 5.25 Å². The summed E-state index contributed by atoms with van der Waals surface area (Å²) in [5.41, 5.74) is 5.23.